The van der Waals surface area contributed by atoms with Crippen molar-refractivity contribution in [3.63, 3.8) is 0 Å². The summed E-state index contributed by atoms with van der Waals surface area (Å²) in [5.74, 6) is -1.56. The van der Waals surface area contributed by atoms with Crippen LogP contribution < -0.4 is 5.32 Å². The summed E-state index contributed by atoms with van der Waals surface area (Å²) in [4.78, 5) is 25.1. The van der Waals surface area contributed by atoms with Gasteiger partial charge in [0.05, 0.1) is 12.1 Å². The number of carbonyl (C=O) groups excluding carboxylic acids is 2. The van der Waals surface area contributed by atoms with Crippen molar-refractivity contribution in [2.75, 3.05) is 18.9 Å². The minimum atomic E-state index is -4.48. The van der Waals surface area contributed by atoms with Gasteiger partial charge in [0.1, 0.15) is 5.82 Å². The molecule has 0 unspecified atom stereocenters. The third-order valence-corrected chi connectivity index (χ3v) is 3.31. The molecule has 0 saturated heterocycles. The average Bonchev–Trinajstić information content (AvgIpc) is 2.55. The summed E-state index contributed by atoms with van der Waals surface area (Å²) < 4.78 is 50.3. The number of benzene rings is 2. The number of likely N-dealkylation sites (N-methyl/N-ethyl adjacent to an activating group) is 1. The standard InChI is InChI=1S/C17H14F4N2O2/c1-23(10-15(24)22-14-8-6-13(18)7-9-14)16(25)11-2-4-12(5-3-11)17(19,20)21/h2-9H,10H2,1H3,(H,22,24). The summed E-state index contributed by atoms with van der Waals surface area (Å²) in [6.45, 7) is -0.308. The molecular formula is C17H14F4N2O2. The molecule has 0 spiro atoms. The number of anilines is 1. The molecule has 0 aliphatic carbocycles. The summed E-state index contributed by atoms with van der Waals surface area (Å²) >= 11 is 0. The third kappa shape index (κ3) is 5.03. The molecule has 0 atom stereocenters. The highest BCUT2D eigenvalue weighted by Gasteiger charge is 2.30. The number of hydrogen-bond acceptors (Lipinski definition) is 2. The molecule has 0 radical (unpaired) electrons. The van der Waals surface area contributed by atoms with Crippen molar-refractivity contribution in [3.05, 3.63) is 65.5 Å². The first-order chi connectivity index (χ1) is 11.7. The number of nitrogens with one attached hydrogen (secondary N) is 1. The smallest absolute Gasteiger partial charge is 0.332 e. The number of nitrogens with zero attached hydrogens (tertiary/aromatic N) is 1. The van der Waals surface area contributed by atoms with E-state index in [0.29, 0.717) is 5.69 Å². The van der Waals surface area contributed by atoms with Gasteiger partial charge in [-0.3, -0.25) is 9.59 Å². The van der Waals surface area contributed by atoms with Gasteiger partial charge in [-0.25, -0.2) is 4.39 Å². The van der Waals surface area contributed by atoms with E-state index in [-0.39, 0.29) is 12.1 Å². The number of hydrogen-bond donors (Lipinski definition) is 1. The molecule has 132 valence electrons. The molecule has 1 N–H and O–H groups in total. The normalized spacial score (nSPS) is 11.1. The Kier molecular flexibility index (Phi) is 5.41. The second-order valence-corrected chi connectivity index (χ2v) is 5.29. The quantitative estimate of drug-likeness (QED) is 0.854. The zero-order valence-corrected chi connectivity index (χ0v) is 13.1. The summed E-state index contributed by atoms with van der Waals surface area (Å²) in [6.07, 6.45) is -4.48. The van der Waals surface area contributed by atoms with Crippen LogP contribution in [0.3, 0.4) is 0 Å². The Hall–Kier alpha value is -2.90. The van der Waals surface area contributed by atoms with E-state index in [1.54, 1.807) is 0 Å². The Bertz CT molecular complexity index is 756. The van der Waals surface area contributed by atoms with E-state index < -0.39 is 29.4 Å². The lowest BCUT2D eigenvalue weighted by molar-refractivity contribution is -0.137. The lowest BCUT2D eigenvalue weighted by Gasteiger charge is -2.17. The number of alkyl halides is 3. The van der Waals surface area contributed by atoms with Gasteiger partial charge in [0.25, 0.3) is 5.91 Å². The van der Waals surface area contributed by atoms with Crippen molar-refractivity contribution in [2.24, 2.45) is 0 Å². The Morgan fingerprint density at radius 2 is 1.56 bits per heavy atom. The summed E-state index contributed by atoms with van der Waals surface area (Å²) in [7, 11) is 1.35. The van der Waals surface area contributed by atoms with Crippen LogP contribution in [-0.2, 0) is 11.0 Å². The van der Waals surface area contributed by atoms with Crippen molar-refractivity contribution in [1.29, 1.82) is 0 Å². The largest absolute Gasteiger partial charge is 0.416 e. The molecule has 0 aliphatic heterocycles. The first kappa shape index (κ1) is 18.4. The van der Waals surface area contributed by atoms with Crippen LogP contribution in [0.1, 0.15) is 15.9 Å². The Morgan fingerprint density at radius 1 is 1.00 bits per heavy atom. The number of rotatable bonds is 4. The first-order valence-corrected chi connectivity index (χ1v) is 7.15. The SMILES string of the molecule is CN(CC(=O)Nc1ccc(F)cc1)C(=O)c1ccc(C(F)(F)F)cc1. The number of halogens is 4. The minimum absolute atomic E-state index is 0.0325. The molecule has 2 rings (SSSR count). The van der Waals surface area contributed by atoms with Crippen LogP contribution in [0.4, 0.5) is 23.2 Å². The average molecular weight is 354 g/mol. The van der Waals surface area contributed by atoms with Gasteiger partial charge in [-0.05, 0) is 48.5 Å². The molecule has 25 heavy (non-hydrogen) atoms. The van der Waals surface area contributed by atoms with Crippen LogP contribution in [0.15, 0.2) is 48.5 Å². The molecule has 2 aromatic carbocycles. The monoisotopic (exact) mass is 354 g/mol. The second kappa shape index (κ2) is 7.33. The topological polar surface area (TPSA) is 49.4 Å². The number of carbonyl (C=O) groups is 2. The van der Waals surface area contributed by atoms with Gasteiger partial charge in [0, 0.05) is 18.3 Å². The third-order valence-electron chi connectivity index (χ3n) is 3.31. The van der Waals surface area contributed by atoms with E-state index in [1.807, 2.05) is 0 Å². The van der Waals surface area contributed by atoms with E-state index in [0.717, 1.165) is 29.2 Å². The molecule has 2 aromatic rings. The molecule has 0 aromatic heterocycles. The highest BCUT2D eigenvalue weighted by molar-refractivity contribution is 5.99. The summed E-state index contributed by atoms with van der Waals surface area (Å²) in [6, 6.07) is 8.80. The van der Waals surface area contributed by atoms with E-state index in [2.05, 4.69) is 5.32 Å². The maximum absolute atomic E-state index is 12.8. The number of amides is 2. The van der Waals surface area contributed by atoms with Gasteiger partial charge in [-0.2, -0.15) is 13.2 Å². The van der Waals surface area contributed by atoms with Crippen molar-refractivity contribution in [3.8, 4) is 0 Å². The summed E-state index contributed by atoms with van der Waals surface area (Å²) in [5.41, 5.74) is -0.465. The lowest BCUT2D eigenvalue weighted by Crippen LogP contribution is -2.34. The predicted octanol–water partition coefficient (Wildman–Crippen LogP) is 3.56. The molecule has 0 fully saturated rings. The first-order valence-electron chi connectivity index (χ1n) is 7.15. The van der Waals surface area contributed by atoms with Crippen molar-refractivity contribution in [2.45, 2.75) is 6.18 Å². The second-order valence-electron chi connectivity index (χ2n) is 5.29. The van der Waals surface area contributed by atoms with E-state index in [9.17, 15) is 27.2 Å². The van der Waals surface area contributed by atoms with E-state index in [4.69, 9.17) is 0 Å². The van der Waals surface area contributed by atoms with Gasteiger partial charge < -0.3 is 10.2 Å². The molecule has 4 nitrogen and oxygen atoms in total. The fraction of sp³-hybridized carbons (Fsp3) is 0.176. The molecule has 2 amide bonds. The van der Waals surface area contributed by atoms with Gasteiger partial charge in [0.2, 0.25) is 5.91 Å². The molecular weight excluding hydrogens is 340 g/mol. The molecule has 8 heteroatoms. The fourth-order valence-corrected chi connectivity index (χ4v) is 2.04. The van der Waals surface area contributed by atoms with Crippen LogP contribution in [0, 0.1) is 5.82 Å². The zero-order chi connectivity index (χ0) is 18.6. The zero-order valence-electron chi connectivity index (χ0n) is 13.1. The molecule has 0 aliphatic rings. The van der Waals surface area contributed by atoms with Crippen LogP contribution in [0.2, 0.25) is 0 Å². The van der Waals surface area contributed by atoms with E-state index >= 15 is 0 Å². The van der Waals surface area contributed by atoms with Crippen molar-refractivity contribution < 1.29 is 27.2 Å². The van der Waals surface area contributed by atoms with E-state index in [1.165, 1.54) is 31.3 Å². The Morgan fingerprint density at radius 3 is 2.08 bits per heavy atom. The van der Waals surface area contributed by atoms with Crippen molar-refractivity contribution >= 4 is 17.5 Å². The Balaban J connectivity index is 1.97. The highest BCUT2D eigenvalue weighted by atomic mass is 19.4. The highest BCUT2D eigenvalue weighted by Crippen LogP contribution is 2.29. The van der Waals surface area contributed by atoms with Crippen LogP contribution >= 0.6 is 0 Å². The van der Waals surface area contributed by atoms with Crippen LogP contribution in [0.5, 0.6) is 0 Å². The van der Waals surface area contributed by atoms with Gasteiger partial charge in [0.15, 0.2) is 0 Å². The Labute approximate surface area is 141 Å². The lowest BCUT2D eigenvalue weighted by atomic mass is 10.1. The minimum Gasteiger partial charge on any atom is -0.332 e. The molecule has 0 bridgehead atoms. The predicted molar refractivity (Wildman–Crippen MR) is 83.4 cm³/mol. The molecule has 0 saturated carbocycles. The fourth-order valence-electron chi connectivity index (χ4n) is 2.04. The van der Waals surface area contributed by atoms with Crippen LogP contribution in [-0.4, -0.2) is 30.3 Å². The maximum atomic E-state index is 12.8. The summed E-state index contributed by atoms with van der Waals surface area (Å²) in [5, 5.41) is 2.49. The maximum Gasteiger partial charge on any atom is 0.416 e. The van der Waals surface area contributed by atoms with Crippen molar-refractivity contribution in [1.82, 2.24) is 4.90 Å². The molecule has 0 heterocycles. The van der Waals surface area contributed by atoms with Gasteiger partial charge in [-0.1, -0.05) is 0 Å². The van der Waals surface area contributed by atoms with Gasteiger partial charge >= 0.3 is 6.18 Å². The van der Waals surface area contributed by atoms with Gasteiger partial charge in [-0.15, -0.1) is 0 Å². The van der Waals surface area contributed by atoms with Crippen LogP contribution in [0.25, 0.3) is 0 Å².